The van der Waals surface area contributed by atoms with Crippen molar-refractivity contribution in [1.29, 1.82) is 0 Å². The molecule has 1 N–H and O–H groups in total. The Labute approximate surface area is 115 Å². The summed E-state index contributed by atoms with van der Waals surface area (Å²) in [6.07, 6.45) is 4.94. The fraction of sp³-hybridized carbons (Fsp3) is 0.471. The van der Waals surface area contributed by atoms with E-state index in [9.17, 15) is 0 Å². The minimum absolute atomic E-state index is 0.948. The minimum Gasteiger partial charge on any atom is -0.316 e. The summed E-state index contributed by atoms with van der Waals surface area (Å²) in [7, 11) is 2.03. The monoisotopic (exact) mass is 254 g/mol. The van der Waals surface area contributed by atoms with Crippen LogP contribution in [0.3, 0.4) is 0 Å². The largest absolute Gasteiger partial charge is 0.316 e. The zero-order valence-corrected chi connectivity index (χ0v) is 12.1. The number of fused-ring (bicyclic) bond motifs is 2. The van der Waals surface area contributed by atoms with Crippen LogP contribution < -0.4 is 5.32 Å². The van der Waals surface area contributed by atoms with Crippen LogP contribution in [0.15, 0.2) is 12.1 Å². The van der Waals surface area contributed by atoms with Gasteiger partial charge in [0.2, 0.25) is 0 Å². The maximum Gasteiger partial charge on any atom is 0.0711 e. The van der Waals surface area contributed by atoms with Crippen molar-refractivity contribution in [2.24, 2.45) is 0 Å². The van der Waals surface area contributed by atoms with Crippen molar-refractivity contribution in [3.05, 3.63) is 40.1 Å². The van der Waals surface area contributed by atoms with Crippen LogP contribution in [0, 0.1) is 13.8 Å². The molecule has 1 aliphatic rings. The summed E-state index contributed by atoms with van der Waals surface area (Å²) in [6, 6.07) is 4.57. The maximum atomic E-state index is 4.93. The number of aromatic nitrogens is 1. The Kier molecular flexibility index (Phi) is 3.28. The quantitative estimate of drug-likeness (QED) is 0.888. The molecule has 0 saturated carbocycles. The molecule has 0 atom stereocenters. The molecule has 0 spiro atoms. The number of aryl methyl sites for hydroxylation is 3. The normalized spacial score (nSPS) is 14.7. The van der Waals surface area contributed by atoms with E-state index in [1.54, 1.807) is 0 Å². The highest BCUT2D eigenvalue weighted by Crippen LogP contribution is 2.30. The number of nitrogens with one attached hydrogen (secondary N) is 1. The van der Waals surface area contributed by atoms with E-state index in [0.29, 0.717) is 0 Å². The molecule has 1 aromatic carbocycles. The van der Waals surface area contributed by atoms with Crippen molar-refractivity contribution < 1.29 is 0 Å². The Morgan fingerprint density at radius 2 is 1.84 bits per heavy atom. The molecule has 0 saturated heterocycles. The number of benzene rings is 1. The molecule has 0 amide bonds. The molecule has 0 unspecified atom stereocenters. The van der Waals surface area contributed by atoms with E-state index < -0.39 is 0 Å². The van der Waals surface area contributed by atoms with Gasteiger partial charge < -0.3 is 5.32 Å². The van der Waals surface area contributed by atoms with Gasteiger partial charge in [-0.25, -0.2) is 0 Å². The highest BCUT2D eigenvalue weighted by atomic mass is 14.8. The molecule has 1 heterocycles. The number of pyridine rings is 1. The van der Waals surface area contributed by atoms with E-state index in [0.717, 1.165) is 13.0 Å². The predicted molar refractivity (Wildman–Crippen MR) is 80.6 cm³/mol. The van der Waals surface area contributed by atoms with E-state index in [2.05, 4.69) is 31.3 Å². The summed E-state index contributed by atoms with van der Waals surface area (Å²) in [5.41, 5.74) is 8.21. The molecule has 2 aromatic rings. The Bertz CT molecular complexity index is 629. The van der Waals surface area contributed by atoms with Gasteiger partial charge in [0.05, 0.1) is 5.52 Å². The van der Waals surface area contributed by atoms with Gasteiger partial charge in [-0.2, -0.15) is 0 Å². The van der Waals surface area contributed by atoms with Gasteiger partial charge in [-0.1, -0.05) is 0 Å². The van der Waals surface area contributed by atoms with E-state index in [1.165, 1.54) is 58.1 Å². The number of rotatable bonds is 2. The first-order valence-electron chi connectivity index (χ1n) is 7.27. The van der Waals surface area contributed by atoms with Crippen LogP contribution in [0.4, 0.5) is 0 Å². The van der Waals surface area contributed by atoms with Gasteiger partial charge in [-0.05, 0) is 81.0 Å². The third-order valence-electron chi connectivity index (χ3n) is 4.35. The number of nitrogens with zero attached hydrogens (tertiary/aromatic N) is 1. The molecule has 1 aromatic heterocycles. The smallest absolute Gasteiger partial charge is 0.0711 e. The third kappa shape index (κ3) is 2.14. The second-order valence-electron chi connectivity index (χ2n) is 5.71. The molecular formula is C17H22N2. The molecule has 0 radical (unpaired) electrons. The standard InChI is InChI=1S/C17H22N2/c1-11-8-14-15(10-18-3)13-6-4-5-7-16(13)19-17(14)9-12(11)2/h8-9,18H,4-7,10H2,1-3H3. The first kappa shape index (κ1) is 12.6. The van der Waals surface area contributed by atoms with E-state index in [4.69, 9.17) is 4.98 Å². The fourth-order valence-electron chi connectivity index (χ4n) is 3.16. The van der Waals surface area contributed by atoms with E-state index >= 15 is 0 Å². The lowest BCUT2D eigenvalue weighted by molar-refractivity contribution is 0.659. The summed E-state index contributed by atoms with van der Waals surface area (Å²) in [5.74, 6) is 0. The first-order chi connectivity index (χ1) is 9.20. The summed E-state index contributed by atoms with van der Waals surface area (Å²) in [6.45, 7) is 5.31. The molecule has 0 bridgehead atoms. The lowest BCUT2D eigenvalue weighted by Gasteiger charge is -2.21. The van der Waals surface area contributed by atoms with Gasteiger partial charge in [0.25, 0.3) is 0 Å². The number of hydrogen-bond donors (Lipinski definition) is 1. The molecule has 1 aliphatic carbocycles. The summed E-state index contributed by atoms with van der Waals surface area (Å²) < 4.78 is 0. The van der Waals surface area contributed by atoms with E-state index in [-0.39, 0.29) is 0 Å². The van der Waals surface area contributed by atoms with Gasteiger partial charge in [0, 0.05) is 17.6 Å². The molecule has 3 rings (SSSR count). The van der Waals surface area contributed by atoms with Crippen LogP contribution in [0.25, 0.3) is 10.9 Å². The molecular weight excluding hydrogens is 232 g/mol. The molecule has 2 heteroatoms. The van der Waals surface area contributed by atoms with Crippen LogP contribution in [0.2, 0.25) is 0 Å². The van der Waals surface area contributed by atoms with Gasteiger partial charge in [0.1, 0.15) is 0 Å². The van der Waals surface area contributed by atoms with Crippen LogP contribution >= 0.6 is 0 Å². The van der Waals surface area contributed by atoms with Crippen molar-refractivity contribution in [1.82, 2.24) is 10.3 Å². The minimum atomic E-state index is 0.948. The molecule has 2 nitrogen and oxygen atoms in total. The summed E-state index contributed by atoms with van der Waals surface area (Å²) in [5, 5.41) is 4.68. The lowest BCUT2D eigenvalue weighted by Crippen LogP contribution is -2.14. The third-order valence-corrected chi connectivity index (χ3v) is 4.35. The Hall–Kier alpha value is -1.41. The van der Waals surface area contributed by atoms with Crippen molar-refractivity contribution in [2.45, 2.75) is 46.1 Å². The molecule has 0 aliphatic heterocycles. The van der Waals surface area contributed by atoms with Crippen molar-refractivity contribution in [3.8, 4) is 0 Å². The average Bonchev–Trinajstić information content (AvgIpc) is 2.41. The predicted octanol–water partition coefficient (Wildman–Crippen LogP) is 3.45. The van der Waals surface area contributed by atoms with Gasteiger partial charge in [0.15, 0.2) is 0 Å². The second-order valence-corrected chi connectivity index (χ2v) is 5.71. The molecule has 0 fully saturated rings. The second kappa shape index (κ2) is 4.93. The highest BCUT2D eigenvalue weighted by Gasteiger charge is 2.18. The Balaban J connectivity index is 2.32. The summed E-state index contributed by atoms with van der Waals surface area (Å²) in [4.78, 5) is 4.93. The van der Waals surface area contributed by atoms with Crippen molar-refractivity contribution in [3.63, 3.8) is 0 Å². The van der Waals surface area contributed by atoms with Crippen molar-refractivity contribution >= 4 is 10.9 Å². The Morgan fingerprint density at radius 1 is 1.11 bits per heavy atom. The number of hydrogen-bond acceptors (Lipinski definition) is 2. The summed E-state index contributed by atoms with van der Waals surface area (Å²) >= 11 is 0. The van der Waals surface area contributed by atoms with Crippen LogP contribution in [-0.2, 0) is 19.4 Å². The zero-order chi connectivity index (χ0) is 13.4. The topological polar surface area (TPSA) is 24.9 Å². The van der Waals surface area contributed by atoms with Gasteiger partial charge >= 0.3 is 0 Å². The maximum absolute atomic E-state index is 4.93. The Morgan fingerprint density at radius 3 is 2.63 bits per heavy atom. The zero-order valence-electron chi connectivity index (χ0n) is 12.1. The highest BCUT2D eigenvalue weighted by molar-refractivity contribution is 5.85. The lowest BCUT2D eigenvalue weighted by atomic mass is 9.89. The molecule has 19 heavy (non-hydrogen) atoms. The van der Waals surface area contributed by atoms with E-state index in [1.807, 2.05) is 7.05 Å². The van der Waals surface area contributed by atoms with Crippen LogP contribution in [0.1, 0.15) is 40.8 Å². The van der Waals surface area contributed by atoms with Crippen LogP contribution in [0.5, 0.6) is 0 Å². The van der Waals surface area contributed by atoms with Crippen LogP contribution in [-0.4, -0.2) is 12.0 Å². The molecule has 100 valence electrons. The fourth-order valence-corrected chi connectivity index (χ4v) is 3.16. The van der Waals surface area contributed by atoms with Crippen molar-refractivity contribution in [2.75, 3.05) is 7.05 Å². The van der Waals surface area contributed by atoms with Gasteiger partial charge in [-0.15, -0.1) is 0 Å². The van der Waals surface area contributed by atoms with Gasteiger partial charge in [-0.3, -0.25) is 4.98 Å². The first-order valence-corrected chi connectivity index (χ1v) is 7.27. The average molecular weight is 254 g/mol. The SMILES string of the molecule is CNCc1c2c(nc3cc(C)c(C)cc13)CCCC2.